The molecule has 0 aliphatic heterocycles. The van der Waals surface area contributed by atoms with Crippen LogP contribution < -0.4 is 5.73 Å². The second-order valence-electron chi connectivity index (χ2n) is 2.77. The van der Waals surface area contributed by atoms with Gasteiger partial charge in [-0.3, -0.25) is 4.68 Å². The largest absolute Gasteiger partial charge is 0.323 e. The Labute approximate surface area is 67.2 Å². The Balaban J connectivity index is 2.78. The lowest BCUT2D eigenvalue weighted by atomic mass is 10.2. The van der Waals surface area contributed by atoms with E-state index in [4.69, 9.17) is 5.73 Å². The Kier molecular flexibility index (Phi) is 2.65. The van der Waals surface area contributed by atoms with Crippen molar-refractivity contribution in [3.8, 4) is 0 Å². The molecule has 1 atom stereocenters. The fourth-order valence-electron chi connectivity index (χ4n) is 1.13. The lowest BCUT2D eigenvalue weighted by Gasteiger charge is -2.07. The molecule has 11 heavy (non-hydrogen) atoms. The van der Waals surface area contributed by atoms with Gasteiger partial charge in [-0.1, -0.05) is 6.92 Å². The first kappa shape index (κ1) is 8.27. The normalized spacial score (nSPS) is 13.4. The van der Waals surface area contributed by atoms with Crippen molar-refractivity contribution in [1.29, 1.82) is 0 Å². The summed E-state index contributed by atoms with van der Waals surface area (Å²) < 4.78 is 1.96. The van der Waals surface area contributed by atoms with Crippen LogP contribution in [0.4, 0.5) is 0 Å². The van der Waals surface area contributed by atoms with Crippen molar-refractivity contribution < 1.29 is 0 Å². The van der Waals surface area contributed by atoms with Crippen LogP contribution in [-0.2, 0) is 6.54 Å². The van der Waals surface area contributed by atoms with Crippen molar-refractivity contribution in [1.82, 2.24) is 9.78 Å². The smallest absolute Gasteiger partial charge is 0.0548 e. The third-order valence-electron chi connectivity index (χ3n) is 1.65. The predicted molar refractivity (Wildman–Crippen MR) is 45.1 cm³/mol. The molecule has 1 unspecified atom stereocenters. The summed E-state index contributed by atoms with van der Waals surface area (Å²) in [5.74, 6) is 0. The second kappa shape index (κ2) is 3.53. The summed E-state index contributed by atoms with van der Waals surface area (Å²) >= 11 is 0. The van der Waals surface area contributed by atoms with Crippen molar-refractivity contribution in [3.63, 3.8) is 0 Å². The van der Waals surface area contributed by atoms with Crippen molar-refractivity contribution >= 4 is 0 Å². The fourth-order valence-corrected chi connectivity index (χ4v) is 1.13. The van der Waals surface area contributed by atoms with E-state index in [0.717, 1.165) is 18.7 Å². The zero-order chi connectivity index (χ0) is 8.27. The van der Waals surface area contributed by atoms with Crippen LogP contribution in [0.25, 0.3) is 0 Å². The molecule has 2 N–H and O–H groups in total. The molecule has 0 aliphatic rings. The first-order valence-corrected chi connectivity index (χ1v) is 4.03. The van der Waals surface area contributed by atoms with Gasteiger partial charge < -0.3 is 5.73 Å². The molecule has 1 aromatic rings. The van der Waals surface area contributed by atoms with Gasteiger partial charge in [0.2, 0.25) is 0 Å². The van der Waals surface area contributed by atoms with Crippen LogP contribution in [0.1, 0.15) is 32.0 Å². The molecule has 0 fully saturated rings. The van der Waals surface area contributed by atoms with Gasteiger partial charge in [0.05, 0.1) is 5.69 Å². The average molecular weight is 153 g/mol. The monoisotopic (exact) mass is 153 g/mol. The van der Waals surface area contributed by atoms with E-state index in [0.29, 0.717) is 0 Å². The SMILES string of the molecule is CCCn1nccc1C(C)N. The zero-order valence-corrected chi connectivity index (χ0v) is 7.12. The Bertz CT molecular complexity index is 215. The van der Waals surface area contributed by atoms with E-state index in [1.807, 2.05) is 17.7 Å². The summed E-state index contributed by atoms with van der Waals surface area (Å²) in [4.78, 5) is 0. The van der Waals surface area contributed by atoms with Crippen LogP contribution in [0.2, 0.25) is 0 Å². The molecule has 0 amide bonds. The number of aromatic nitrogens is 2. The summed E-state index contributed by atoms with van der Waals surface area (Å²) in [5.41, 5.74) is 6.85. The highest BCUT2D eigenvalue weighted by molar-refractivity contribution is 5.04. The molecule has 0 saturated carbocycles. The number of hydrogen-bond donors (Lipinski definition) is 1. The van der Waals surface area contributed by atoms with Gasteiger partial charge >= 0.3 is 0 Å². The lowest BCUT2D eigenvalue weighted by Crippen LogP contribution is -2.13. The van der Waals surface area contributed by atoms with Gasteiger partial charge in [-0.2, -0.15) is 5.10 Å². The quantitative estimate of drug-likeness (QED) is 0.711. The second-order valence-corrected chi connectivity index (χ2v) is 2.77. The van der Waals surface area contributed by atoms with Crippen LogP contribution in [0.3, 0.4) is 0 Å². The minimum Gasteiger partial charge on any atom is -0.323 e. The van der Waals surface area contributed by atoms with Crippen LogP contribution in [-0.4, -0.2) is 9.78 Å². The van der Waals surface area contributed by atoms with E-state index in [9.17, 15) is 0 Å². The first-order chi connectivity index (χ1) is 5.25. The molecule has 3 nitrogen and oxygen atoms in total. The van der Waals surface area contributed by atoms with E-state index < -0.39 is 0 Å². The Morgan fingerprint density at radius 2 is 2.45 bits per heavy atom. The fraction of sp³-hybridized carbons (Fsp3) is 0.625. The molecule has 0 aromatic carbocycles. The topological polar surface area (TPSA) is 43.8 Å². The number of nitrogens with zero attached hydrogens (tertiary/aromatic N) is 2. The summed E-state index contributed by atoms with van der Waals surface area (Å²) in [6.07, 6.45) is 2.90. The highest BCUT2D eigenvalue weighted by Gasteiger charge is 2.04. The molecule has 0 aliphatic carbocycles. The summed E-state index contributed by atoms with van der Waals surface area (Å²) in [7, 11) is 0. The summed E-state index contributed by atoms with van der Waals surface area (Å²) in [6, 6.07) is 2.06. The van der Waals surface area contributed by atoms with Gasteiger partial charge in [0.15, 0.2) is 0 Å². The molecule has 62 valence electrons. The van der Waals surface area contributed by atoms with Crippen LogP contribution in [0, 0.1) is 0 Å². The van der Waals surface area contributed by atoms with E-state index in [1.54, 1.807) is 6.20 Å². The van der Waals surface area contributed by atoms with Gasteiger partial charge in [-0.05, 0) is 19.4 Å². The van der Waals surface area contributed by atoms with Crippen molar-refractivity contribution in [2.45, 2.75) is 32.9 Å². The minimum absolute atomic E-state index is 0.0871. The maximum atomic E-state index is 5.73. The molecule has 0 saturated heterocycles. The number of aryl methyl sites for hydroxylation is 1. The van der Waals surface area contributed by atoms with Crippen molar-refractivity contribution in [2.24, 2.45) is 5.73 Å². The Morgan fingerprint density at radius 1 is 1.73 bits per heavy atom. The molecule has 1 rings (SSSR count). The van der Waals surface area contributed by atoms with Crippen molar-refractivity contribution in [2.75, 3.05) is 0 Å². The van der Waals surface area contributed by atoms with Gasteiger partial charge in [0.1, 0.15) is 0 Å². The van der Waals surface area contributed by atoms with E-state index in [1.165, 1.54) is 0 Å². The highest BCUT2D eigenvalue weighted by Crippen LogP contribution is 2.08. The Hall–Kier alpha value is -0.830. The summed E-state index contributed by atoms with van der Waals surface area (Å²) in [6.45, 7) is 5.07. The zero-order valence-electron chi connectivity index (χ0n) is 7.12. The third kappa shape index (κ3) is 1.80. The van der Waals surface area contributed by atoms with Crippen LogP contribution >= 0.6 is 0 Å². The standard InChI is InChI=1S/C8H15N3/c1-3-6-11-8(7(2)9)4-5-10-11/h4-5,7H,3,6,9H2,1-2H3. The van der Waals surface area contributed by atoms with Crippen molar-refractivity contribution in [3.05, 3.63) is 18.0 Å². The highest BCUT2D eigenvalue weighted by atomic mass is 15.3. The molecule has 1 heterocycles. The van der Waals surface area contributed by atoms with E-state index >= 15 is 0 Å². The minimum atomic E-state index is 0.0871. The van der Waals surface area contributed by atoms with E-state index in [2.05, 4.69) is 12.0 Å². The van der Waals surface area contributed by atoms with Gasteiger partial charge in [0, 0.05) is 18.8 Å². The van der Waals surface area contributed by atoms with Gasteiger partial charge in [-0.15, -0.1) is 0 Å². The molecule has 1 aromatic heterocycles. The average Bonchev–Trinajstić information content (AvgIpc) is 2.36. The summed E-state index contributed by atoms with van der Waals surface area (Å²) in [5, 5.41) is 4.16. The molecule has 0 radical (unpaired) electrons. The van der Waals surface area contributed by atoms with Gasteiger partial charge in [0.25, 0.3) is 0 Å². The maximum Gasteiger partial charge on any atom is 0.0548 e. The first-order valence-electron chi connectivity index (χ1n) is 4.03. The van der Waals surface area contributed by atoms with Crippen LogP contribution in [0.5, 0.6) is 0 Å². The molecular formula is C8H15N3. The number of hydrogen-bond acceptors (Lipinski definition) is 2. The maximum absolute atomic E-state index is 5.73. The molecule has 3 heteroatoms. The third-order valence-corrected chi connectivity index (χ3v) is 1.65. The number of rotatable bonds is 3. The van der Waals surface area contributed by atoms with Gasteiger partial charge in [-0.25, -0.2) is 0 Å². The van der Waals surface area contributed by atoms with E-state index in [-0.39, 0.29) is 6.04 Å². The Morgan fingerprint density at radius 3 is 3.00 bits per heavy atom. The molecular weight excluding hydrogens is 138 g/mol. The molecule has 0 bridgehead atoms. The number of nitrogens with two attached hydrogens (primary N) is 1. The molecule has 0 spiro atoms. The predicted octanol–water partition coefficient (Wildman–Crippen LogP) is 1.31. The van der Waals surface area contributed by atoms with Crippen LogP contribution in [0.15, 0.2) is 12.3 Å². The lowest BCUT2D eigenvalue weighted by molar-refractivity contribution is 0.552.